The first-order chi connectivity index (χ1) is 11.2. The van der Waals surface area contributed by atoms with Crippen LogP contribution in [0.1, 0.15) is 27.7 Å². The number of benzene rings is 2. The number of hydrogen-bond donors (Lipinski definition) is 2. The van der Waals surface area contributed by atoms with E-state index in [4.69, 9.17) is 13.8 Å². The number of methoxy groups -OCH3 is 1. The summed E-state index contributed by atoms with van der Waals surface area (Å²) < 4.78 is 29.4. The molecule has 0 spiro atoms. The van der Waals surface area contributed by atoms with Crippen LogP contribution in [0.5, 0.6) is 17.2 Å². The number of aromatic hydroxyl groups is 2. The van der Waals surface area contributed by atoms with Crippen molar-refractivity contribution in [3.63, 3.8) is 0 Å². The molecular weight excluding hydrogens is 331 g/mol. The summed E-state index contributed by atoms with van der Waals surface area (Å²) in [4.78, 5) is 0. The van der Waals surface area contributed by atoms with E-state index in [0.717, 1.165) is 0 Å². The van der Waals surface area contributed by atoms with E-state index < -0.39 is 7.60 Å². The van der Waals surface area contributed by atoms with Crippen LogP contribution in [0.15, 0.2) is 24.3 Å². The van der Waals surface area contributed by atoms with E-state index in [-0.39, 0.29) is 29.0 Å². The zero-order chi connectivity index (χ0) is 18.1. The van der Waals surface area contributed by atoms with E-state index in [1.807, 2.05) is 0 Å². The molecule has 0 radical (unpaired) electrons. The van der Waals surface area contributed by atoms with E-state index in [0.29, 0.717) is 16.5 Å². The van der Waals surface area contributed by atoms with Gasteiger partial charge in [-0.2, -0.15) is 0 Å². The topological polar surface area (TPSA) is 85.2 Å². The summed E-state index contributed by atoms with van der Waals surface area (Å²) in [5.41, 5.74) is 0. The first-order valence-corrected chi connectivity index (χ1v) is 9.22. The zero-order valence-electron chi connectivity index (χ0n) is 14.4. The van der Waals surface area contributed by atoms with Crippen LogP contribution in [0, 0.1) is 0 Å². The van der Waals surface area contributed by atoms with Gasteiger partial charge in [-0.1, -0.05) is 0 Å². The van der Waals surface area contributed by atoms with Crippen LogP contribution in [-0.2, 0) is 13.6 Å². The highest BCUT2D eigenvalue weighted by Gasteiger charge is 2.35. The van der Waals surface area contributed by atoms with Gasteiger partial charge in [-0.15, -0.1) is 0 Å². The van der Waals surface area contributed by atoms with Crippen LogP contribution < -0.4 is 10.0 Å². The maximum atomic E-state index is 13.2. The van der Waals surface area contributed by atoms with Crippen molar-refractivity contribution in [1.82, 2.24) is 0 Å². The largest absolute Gasteiger partial charge is 0.507 e. The molecule has 24 heavy (non-hydrogen) atoms. The van der Waals surface area contributed by atoms with Gasteiger partial charge in [-0.25, -0.2) is 0 Å². The van der Waals surface area contributed by atoms with Gasteiger partial charge in [0.05, 0.1) is 19.3 Å². The van der Waals surface area contributed by atoms with Crippen LogP contribution in [0.2, 0.25) is 0 Å². The minimum absolute atomic E-state index is 0.0555. The number of fused-ring (bicyclic) bond motifs is 1. The smallest absolute Gasteiger partial charge is 0.365 e. The fraction of sp³-hybridized carbons (Fsp3) is 0.412. The summed E-state index contributed by atoms with van der Waals surface area (Å²) in [5, 5.41) is 21.6. The summed E-state index contributed by atoms with van der Waals surface area (Å²) in [5.74, 6) is 0.150. The van der Waals surface area contributed by atoms with Crippen molar-refractivity contribution in [3.05, 3.63) is 24.3 Å². The van der Waals surface area contributed by atoms with Crippen LogP contribution in [0.3, 0.4) is 0 Å². The van der Waals surface area contributed by atoms with Gasteiger partial charge in [0.1, 0.15) is 22.6 Å². The molecule has 0 atom stereocenters. The summed E-state index contributed by atoms with van der Waals surface area (Å²) in [6.07, 6.45) is -0.773. The van der Waals surface area contributed by atoms with Crippen molar-refractivity contribution in [2.24, 2.45) is 0 Å². The Morgan fingerprint density at radius 3 is 2.04 bits per heavy atom. The third kappa shape index (κ3) is 3.66. The predicted octanol–water partition coefficient (Wildman–Crippen LogP) is 3.93. The molecule has 0 aliphatic rings. The summed E-state index contributed by atoms with van der Waals surface area (Å²) in [6.45, 7) is 6.89. The number of ether oxygens (including phenoxy) is 1. The van der Waals surface area contributed by atoms with Crippen molar-refractivity contribution >= 4 is 23.7 Å². The molecule has 0 aliphatic carbocycles. The van der Waals surface area contributed by atoms with Crippen molar-refractivity contribution < 1.29 is 28.6 Å². The molecule has 2 N–H and O–H groups in total. The van der Waals surface area contributed by atoms with Gasteiger partial charge in [0, 0.05) is 10.8 Å². The Labute approximate surface area is 141 Å². The molecule has 0 aliphatic heterocycles. The second-order valence-corrected chi connectivity index (χ2v) is 7.88. The number of phenolic OH excluding ortho intramolecular Hbond substituents is 2. The minimum Gasteiger partial charge on any atom is -0.507 e. The molecule has 0 unspecified atom stereocenters. The first-order valence-electron chi connectivity index (χ1n) is 7.68. The van der Waals surface area contributed by atoms with Gasteiger partial charge >= 0.3 is 7.60 Å². The average molecular weight is 354 g/mol. The summed E-state index contributed by atoms with van der Waals surface area (Å²) in [6, 6.07) is 6.04. The molecule has 132 valence electrons. The monoisotopic (exact) mass is 354 g/mol. The molecule has 0 aromatic heterocycles. The standard InChI is InChI=1S/C17H23O6P/c1-10(2)22-24(20,23-11(3)4)16-9-15(18)14-8-12(21-5)6-7-13(14)17(16)19/h6-11,18-19H,1-5H3. The molecule has 0 saturated carbocycles. The highest BCUT2D eigenvalue weighted by molar-refractivity contribution is 7.62. The minimum atomic E-state index is -3.81. The predicted molar refractivity (Wildman–Crippen MR) is 93.5 cm³/mol. The Bertz CT molecular complexity index is 770. The lowest BCUT2D eigenvalue weighted by Crippen LogP contribution is -2.17. The molecule has 2 aromatic carbocycles. The Balaban J connectivity index is 2.70. The number of hydrogen-bond acceptors (Lipinski definition) is 6. The van der Waals surface area contributed by atoms with E-state index in [1.54, 1.807) is 45.9 Å². The fourth-order valence-corrected chi connectivity index (χ4v) is 4.43. The van der Waals surface area contributed by atoms with Gasteiger partial charge in [0.25, 0.3) is 0 Å². The molecule has 0 fully saturated rings. The van der Waals surface area contributed by atoms with E-state index >= 15 is 0 Å². The average Bonchev–Trinajstić information content (AvgIpc) is 2.48. The second kappa shape index (κ2) is 7.01. The molecule has 0 saturated heterocycles. The normalized spacial score (nSPS) is 12.3. The maximum absolute atomic E-state index is 13.2. The Morgan fingerprint density at radius 1 is 0.958 bits per heavy atom. The SMILES string of the molecule is COc1ccc2c(O)c(P(=O)(OC(C)C)OC(C)C)cc(O)c2c1. The quantitative estimate of drug-likeness (QED) is 0.604. The maximum Gasteiger partial charge on any atom is 0.365 e. The highest BCUT2D eigenvalue weighted by Crippen LogP contribution is 2.53. The Kier molecular flexibility index (Phi) is 5.43. The van der Waals surface area contributed by atoms with E-state index in [9.17, 15) is 14.8 Å². The number of phenols is 2. The lowest BCUT2D eigenvalue weighted by Gasteiger charge is -2.24. The van der Waals surface area contributed by atoms with Crippen molar-refractivity contribution in [2.75, 3.05) is 7.11 Å². The van der Waals surface area contributed by atoms with Crippen LogP contribution >= 0.6 is 7.60 Å². The molecule has 0 amide bonds. The third-order valence-electron chi connectivity index (χ3n) is 3.27. The lowest BCUT2D eigenvalue weighted by molar-refractivity contribution is 0.150. The van der Waals surface area contributed by atoms with Gasteiger partial charge in [0.2, 0.25) is 0 Å². The van der Waals surface area contributed by atoms with Gasteiger partial charge in [0.15, 0.2) is 0 Å². The Morgan fingerprint density at radius 2 is 1.54 bits per heavy atom. The van der Waals surface area contributed by atoms with Gasteiger partial charge in [-0.05, 0) is 52.0 Å². The number of rotatable bonds is 6. The summed E-state index contributed by atoms with van der Waals surface area (Å²) in [7, 11) is -2.31. The van der Waals surface area contributed by atoms with E-state index in [1.165, 1.54) is 13.2 Å². The highest BCUT2D eigenvalue weighted by atomic mass is 31.2. The molecule has 2 aromatic rings. The molecule has 2 rings (SSSR count). The van der Waals surface area contributed by atoms with Gasteiger partial charge in [-0.3, -0.25) is 4.57 Å². The van der Waals surface area contributed by atoms with Crippen molar-refractivity contribution in [2.45, 2.75) is 39.9 Å². The van der Waals surface area contributed by atoms with E-state index in [2.05, 4.69) is 0 Å². The van der Waals surface area contributed by atoms with Crippen LogP contribution in [0.4, 0.5) is 0 Å². The molecule has 0 bridgehead atoms. The fourth-order valence-electron chi connectivity index (χ4n) is 2.38. The van der Waals surface area contributed by atoms with Crippen LogP contribution in [0.25, 0.3) is 10.8 Å². The van der Waals surface area contributed by atoms with Crippen LogP contribution in [-0.4, -0.2) is 29.5 Å². The first kappa shape index (κ1) is 18.6. The summed E-state index contributed by atoms with van der Waals surface area (Å²) >= 11 is 0. The molecule has 0 heterocycles. The second-order valence-electron chi connectivity index (χ2n) is 5.98. The molecule has 6 nitrogen and oxygen atoms in total. The third-order valence-corrected chi connectivity index (χ3v) is 5.60. The van der Waals surface area contributed by atoms with Crippen molar-refractivity contribution in [1.29, 1.82) is 0 Å². The zero-order valence-corrected chi connectivity index (χ0v) is 15.3. The lowest BCUT2D eigenvalue weighted by atomic mass is 10.1. The van der Waals surface area contributed by atoms with Crippen molar-refractivity contribution in [3.8, 4) is 17.2 Å². The Hall–Kier alpha value is -1.75. The van der Waals surface area contributed by atoms with Gasteiger partial charge < -0.3 is 24.0 Å². The molecule has 7 heteroatoms. The molecular formula is C17H23O6P.